The van der Waals surface area contributed by atoms with Crippen molar-refractivity contribution in [1.29, 1.82) is 0 Å². The number of urea groups is 1. The number of amides is 2. The van der Waals surface area contributed by atoms with Crippen LogP contribution >= 0.6 is 0 Å². The smallest absolute Gasteiger partial charge is 0.321 e. The summed E-state index contributed by atoms with van der Waals surface area (Å²) in [7, 11) is 1.66. The number of carbonyl (C=O) groups is 1. The van der Waals surface area contributed by atoms with Crippen molar-refractivity contribution in [2.75, 3.05) is 24.2 Å². The Labute approximate surface area is 82.9 Å². The van der Waals surface area contributed by atoms with Crippen molar-refractivity contribution in [2.24, 2.45) is 0 Å². The van der Waals surface area contributed by atoms with Crippen molar-refractivity contribution in [3.63, 3.8) is 0 Å². The molecule has 0 unspecified atom stereocenters. The van der Waals surface area contributed by atoms with Gasteiger partial charge in [0.2, 0.25) is 0 Å². The normalized spacial score (nSPS) is 9.57. The average Bonchev–Trinajstić information content (AvgIpc) is 2.18. The lowest BCUT2D eigenvalue weighted by Crippen LogP contribution is -2.37. The number of anilines is 2. The van der Waals surface area contributed by atoms with Gasteiger partial charge in [0.25, 0.3) is 0 Å². The van der Waals surface area contributed by atoms with Crippen LogP contribution in [0.5, 0.6) is 0 Å². The van der Waals surface area contributed by atoms with E-state index in [0.717, 1.165) is 0 Å². The van der Waals surface area contributed by atoms with E-state index in [4.69, 9.17) is 5.73 Å². The SMILES string of the molecule is CCNC(=O)N(C)c1ccncc1N. The van der Waals surface area contributed by atoms with Crippen LogP contribution in [0.15, 0.2) is 18.5 Å². The van der Waals surface area contributed by atoms with Gasteiger partial charge in [0, 0.05) is 19.8 Å². The molecule has 2 amide bonds. The molecular formula is C9H14N4O. The lowest BCUT2D eigenvalue weighted by atomic mass is 10.3. The maximum Gasteiger partial charge on any atom is 0.321 e. The maximum atomic E-state index is 11.4. The summed E-state index contributed by atoms with van der Waals surface area (Å²) >= 11 is 0. The van der Waals surface area contributed by atoms with Gasteiger partial charge in [-0.15, -0.1) is 0 Å². The van der Waals surface area contributed by atoms with E-state index in [-0.39, 0.29) is 6.03 Å². The monoisotopic (exact) mass is 194 g/mol. The van der Waals surface area contributed by atoms with Crippen molar-refractivity contribution in [1.82, 2.24) is 10.3 Å². The number of nitrogens with zero attached hydrogens (tertiary/aromatic N) is 2. The fourth-order valence-corrected chi connectivity index (χ4v) is 1.08. The standard InChI is InChI=1S/C9H14N4O/c1-3-12-9(14)13(2)8-4-5-11-6-7(8)10/h4-6H,3,10H2,1-2H3,(H,12,14). The second kappa shape index (κ2) is 4.45. The molecular weight excluding hydrogens is 180 g/mol. The van der Waals surface area contributed by atoms with Gasteiger partial charge < -0.3 is 11.1 Å². The van der Waals surface area contributed by atoms with Gasteiger partial charge in [-0.2, -0.15) is 0 Å². The Morgan fingerprint density at radius 1 is 1.71 bits per heavy atom. The van der Waals surface area contributed by atoms with Gasteiger partial charge in [-0.3, -0.25) is 9.88 Å². The summed E-state index contributed by atoms with van der Waals surface area (Å²) in [6, 6.07) is 1.52. The Morgan fingerprint density at radius 3 is 3.00 bits per heavy atom. The first-order chi connectivity index (χ1) is 6.66. The van der Waals surface area contributed by atoms with Crippen LogP contribution in [0.25, 0.3) is 0 Å². The number of hydrogen-bond donors (Lipinski definition) is 2. The largest absolute Gasteiger partial charge is 0.396 e. The molecule has 1 aromatic rings. The molecule has 0 saturated heterocycles. The molecule has 0 aliphatic rings. The van der Waals surface area contributed by atoms with Crippen molar-refractivity contribution < 1.29 is 4.79 Å². The molecule has 0 aromatic carbocycles. The molecule has 0 fully saturated rings. The van der Waals surface area contributed by atoms with E-state index in [2.05, 4.69) is 10.3 Å². The number of pyridine rings is 1. The molecule has 0 atom stereocenters. The minimum atomic E-state index is -0.176. The third kappa shape index (κ3) is 2.12. The molecule has 5 nitrogen and oxygen atoms in total. The molecule has 0 saturated carbocycles. The molecule has 1 aromatic heterocycles. The van der Waals surface area contributed by atoms with E-state index in [1.165, 1.54) is 11.1 Å². The molecule has 0 spiro atoms. The Bertz CT molecular complexity index is 326. The summed E-state index contributed by atoms with van der Waals surface area (Å²) in [5, 5.41) is 2.68. The van der Waals surface area contributed by atoms with Crippen LogP contribution in [0.1, 0.15) is 6.92 Å². The predicted octanol–water partition coefficient (Wildman–Crippen LogP) is 0.830. The summed E-state index contributed by atoms with van der Waals surface area (Å²) in [5.74, 6) is 0. The topological polar surface area (TPSA) is 71.2 Å². The predicted molar refractivity (Wildman–Crippen MR) is 56.1 cm³/mol. The van der Waals surface area contributed by atoms with Crippen LogP contribution in [-0.2, 0) is 0 Å². The second-order valence-electron chi connectivity index (χ2n) is 2.83. The number of carbonyl (C=O) groups excluding carboxylic acids is 1. The van der Waals surface area contributed by atoms with Crippen molar-refractivity contribution >= 4 is 17.4 Å². The molecule has 0 aliphatic heterocycles. The van der Waals surface area contributed by atoms with Gasteiger partial charge in [0.1, 0.15) is 0 Å². The first kappa shape index (κ1) is 10.3. The Kier molecular flexibility index (Phi) is 3.28. The summed E-state index contributed by atoms with van der Waals surface area (Å²) in [6.07, 6.45) is 3.12. The van der Waals surface area contributed by atoms with Gasteiger partial charge in [-0.25, -0.2) is 4.79 Å². The minimum absolute atomic E-state index is 0.176. The quantitative estimate of drug-likeness (QED) is 0.732. The molecule has 0 bridgehead atoms. The van der Waals surface area contributed by atoms with Crippen molar-refractivity contribution in [3.05, 3.63) is 18.5 Å². The summed E-state index contributed by atoms with van der Waals surface area (Å²) < 4.78 is 0. The lowest BCUT2D eigenvalue weighted by Gasteiger charge is -2.18. The highest BCUT2D eigenvalue weighted by Crippen LogP contribution is 2.19. The average molecular weight is 194 g/mol. The van der Waals surface area contributed by atoms with E-state index in [9.17, 15) is 4.79 Å². The van der Waals surface area contributed by atoms with E-state index < -0.39 is 0 Å². The number of nitrogens with one attached hydrogen (secondary N) is 1. The molecule has 0 radical (unpaired) electrons. The highest BCUT2D eigenvalue weighted by Gasteiger charge is 2.11. The molecule has 3 N–H and O–H groups in total. The Morgan fingerprint density at radius 2 is 2.43 bits per heavy atom. The first-order valence-corrected chi connectivity index (χ1v) is 4.37. The number of aromatic nitrogens is 1. The first-order valence-electron chi connectivity index (χ1n) is 4.37. The summed E-state index contributed by atoms with van der Waals surface area (Å²) in [4.78, 5) is 16.7. The molecule has 1 rings (SSSR count). The van der Waals surface area contributed by atoms with E-state index in [1.807, 2.05) is 6.92 Å². The van der Waals surface area contributed by atoms with Gasteiger partial charge in [-0.05, 0) is 13.0 Å². The maximum absolute atomic E-state index is 11.4. The zero-order valence-corrected chi connectivity index (χ0v) is 8.32. The van der Waals surface area contributed by atoms with Gasteiger partial charge in [0.05, 0.1) is 17.6 Å². The zero-order chi connectivity index (χ0) is 10.6. The van der Waals surface area contributed by atoms with Crippen LogP contribution in [0.3, 0.4) is 0 Å². The Balaban J connectivity index is 2.84. The number of nitrogens with two attached hydrogens (primary N) is 1. The van der Waals surface area contributed by atoms with Crippen molar-refractivity contribution in [3.8, 4) is 0 Å². The van der Waals surface area contributed by atoms with Gasteiger partial charge in [-0.1, -0.05) is 0 Å². The van der Waals surface area contributed by atoms with Crippen LogP contribution < -0.4 is 16.0 Å². The van der Waals surface area contributed by atoms with Crippen LogP contribution in [-0.4, -0.2) is 24.6 Å². The molecule has 14 heavy (non-hydrogen) atoms. The van der Waals surface area contributed by atoms with E-state index in [0.29, 0.717) is 17.9 Å². The molecule has 76 valence electrons. The van der Waals surface area contributed by atoms with Gasteiger partial charge >= 0.3 is 6.03 Å². The van der Waals surface area contributed by atoms with Crippen molar-refractivity contribution in [2.45, 2.75) is 6.92 Å². The zero-order valence-electron chi connectivity index (χ0n) is 8.32. The van der Waals surface area contributed by atoms with Crippen LogP contribution in [0.4, 0.5) is 16.2 Å². The third-order valence-corrected chi connectivity index (χ3v) is 1.82. The number of rotatable bonds is 2. The highest BCUT2D eigenvalue weighted by atomic mass is 16.2. The van der Waals surface area contributed by atoms with Gasteiger partial charge in [0.15, 0.2) is 0 Å². The third-order valence-electron chi connectivity index (χ3n) is 1.82. The lowest BCUT2D eigenvalue weighted by molar-refractivity contribution is 0.248. The van der Waals surface area contributed by atoms with E-state index in [1.54, 1.807) is 19.3 Å². The highest BCUT2D eigenvalue weighted by molar-refractivity contribution is 5.94. The number of nitrogen functional groups attached to an aromatic ring is 1. The van der Waals surface area contributed by atoms with E-state index >= 15 is 0 Å². The molecule has 1 heterocycles. The second-order valence-corrected chi connectivity index (χ2v) is 2.83. The van der Waals surface area contributed by atoms with Crippen LogP contribution in [0, 0.1) is 0 Å². The summed E-state index contributed by atoms with van der Waals surface area (Å²) in [6.45, 7) is 2.45. The minimum Gasteiger partial charge on any atom is -0.396 e. The fourth-order valence-electron chi connectivity index (χ4n) is 1.08. The molecule has 0 aliphatic carbocycles. The number of hydrogen-bond acceptors (Lipinski definition) is 3. The fraction of sp³-hybridized carbons (Fsp3) is 0.333. The Hall–Kier alpha value is -1.78. The van der Waals surface area contributed by atoms with Crippen LogP contribution in [0.2, 0.25) is 0 Å². The summed E-state index contributed by atoms with van der Waals surface area (Å²) in [5.41, 5.74) is 6.82. The molecule has 5 heteroatoms.